The number of hydrazone groups is 1. The predicted octanol–water partition coefficient (Wildman–Crippen LogP) is 5.05. The van der Waals surface area contributed by atoms with Crippen LogP contribution in [-0.2, 0) is 0 Å². The van der Waals surface area contributed by atoms with E-state index in [0.29, 0.717) is 0 Å². The molecular formula is C20H21N3O2S. The molecular weight excluding hydrogens is 346 g/mol. The lowest BCUT2D eigenvalue weighted by Crippen LogP contribution is -2.05. The van der Waals surface area contributed by atoms with Crippen LogP contribution in [0.4, 0.5) is 5.13 Å². The van der Waals surface area contributed by atoms with Crippen LogP contribution in [0.2, 0.25) is 0 Å². The number of hydrogen-bond acceptors (Lipinski definition) is 6. The Kier molecular flexibility index (Phi) is 5.86. The fraction of sp³-hybridized carbons (Fsp3) is 0.200. The van der Waals surface area contributed by atoms with Gasteiger partial charge in [-0.25, -0.2) is 4.98 Å². The van der Waals surface area contributed by atoms with Crippen molar-refractivity contribution in [2.45, 2.75) is 20.0 Å². The highest BCUT2D eigenvalue weighted by Gasteiger charge is 2.04. The minimum absolute atomic E-state index is 0.145. The van der Waals surface area contributed by atoms with Gasteiger partial charge in [-0.15, -0.1) is 11.3 Å². The molecule has 0 saturated heterocycles. The van der Waals surface area contributed by atoms with Gasteiger partial charge in [-0.1, -0.05) is 12.1 Å². The second-order valence-electron chi connectivity index (χ2n) is 5.88. The smallest absolute Gasteiger partial charge is 0.203 e. The van der Waals surface area contributed by atoms with E-state index in [9.17, 15) is 0 Å². The van der Waals surface area contributed by atoms with Gasteiger partial charge in [-0.2, -0.15) is 5.10 Å². The monoisotopic (exact) mass is 367 g/mol. The Balaban J connectivity index is 1.63. The molecule has 3 aromatic rings. The average Bonchev–Trinajstić information content (AvgIpc) is 3.10. The Morgan fingerprint density at radius 3 is 2.65 bits per heavy atom. The van der Waals surface area contributed by atoms with E-state index in [2.05, 4.69) is 15.5 Å². The molecule has 0 saturated carbocycles. The van der Waals surface area contributed by atoms with Crippen LogP contribution in [0.15, 0.2) is 59.0 Å². The normalized spacial score (nSPS) is 11.1. The first kappa shape index (κ1) is 17.9. The third kappa shape index (κ3) is 4.83. The van der Waals surface area contributed by atoms with E-state index in [1.54, 1.807) is 13.3 Å². The van der Waals surface area contributed by atoms with Crippen molar-refractivity contribution in [3.63, 3.8) is 0 Å². The van der Waals surface area contributed by atoms with E-state index in [-0.39, 0.29) is 6.10 Å². The highest BCUT2D eigenvalue weighted by molar-refractivity contribution is 7.14. The number of ether oxygens (including phenoxy) is 2. The molecule has 3 rings (SSSR count). The summed E-state index contributed by atoms with van der Waals surface area (Å²) >= 11 is 1.51. The first-order chi connectivity index (χ1) is 12.6. The zero-order valence-electron chi connectivity index (χ0n) is 15.0. The number of aromatic nitrogens is 1. The van der Waals surface area contributed by atoms with Gasteiger partial charge in [0.15, 0.2) is 0 Å². The third-order valence-electron chi connectivity index (χ3n) is 3.49. The molecule has 0 radical (unpaired) electrons. The van der Waals surface area contributed by atoms with Gasteiger partial charge in [0, 0.05) is 10.9 Å². The minimum atomic E-state index is 0.145. The molecule has 1 aromatic heterocycles. The van der Waals surface area contributed by atoms with E-state index in [1.165, 1.54) is 11.3 Å². The molecule has 0 spiro atoms. The summed E-state index contributed by atoms with van der Waals surface area (Å²) in [5.74, 6) is 1.66. The van der Waals surface area contributed by atoms with Crippen LogP contribution in [0.25, 0.3) is 11.3 Å². The molecule has 0 unspecified atom stereocenters. The van der Waals surface area contributed by atoms with Crippen molar-refractivity contribution in [1.29, 1.82) is 0 Å². The van der Waals surface area contributed by atoms with Crippen molar-refractivity contribution >= 4 is 22.7 Å². The number of benzene rings is 2. The van der Waals surface area contributed by atoms with Gasteiger partial charge in [0.1, 0.15) is 11.5 Å². The molecule has 0 aliphatic rings. The largest absolute Gasteiger partial charge is 0.497 e. The Labute approximate surface area is 157 Å². The molecule has 2 aromatic carbocycles. The topological polar surface area (TPSA) is 55.7 Å². The van der Waals surface area contributed by atoms with Crippen LogP contribution in [0.3, 0.4) is 0 Å². The van der Waals surface area contributed by atoms with Gasteiger partial charge in [-0.05, 0) is 55.8 Å². The van der Waals surface area contributed by atoms with Crippen molar-refractivity contribution in [3.8, 4) is 22.8 Å². The van der Waals surface area contributed by atoms with Gasteiger partial charge >= 0.3 is 0 Å². The van der Waals surface area contributed by atoms with E-state index < -0.39 is 0 Å². The second kappa shape index (κ2) is 8.49. The summed E-state index contributed by atoms with van der Waals surface area (Å²) in [7, 11) is 1.66. The SMILES string of the molecule is COc1ccc(-c2csc(N/N=C\c3cccc(OC(C)C)c3)n2)cc1. The summed E-state index contributed by atoms with van der Waals surface area (Å²) in [5.41, 5.74) is 5.88. The van der Waals surface area contributed by atoms with Crippen molar-refractivity contribution < 1.29 is 9.47 Å². The van der Waals surface area contributed by atoms with Crippen LogP contribution in [0.1, 0.15) is 19.4 Å². The number of rotatable bonds is 7. The standard InChI is InChI=1S/C20H21N3O2S/c1-14(2)25-18-6-4-5-15(11-18)12-21-23-20-22-19(13-26-20)16-7-9-17(24-3)10-8-16/h4-14H,1-3H3,(H,22,23)/b21-12-. The highest BCUT2D eigenvalue weighted by Crippen LogP contribution is 2.26. The zero-order valence-corrected chi connectivity index (χ0v) is 15.8. The maximum Gasteiger partial charge on any atom is 0.203 e. The summed E-state index contributed by atoms with van der Waals surface area (Å²) in [4.78, 5) is 4.55. The Bertz CT molecular complexity index is 873. The van der Waals surface area contributed by atoms with Gasteiger partial charge in [-0.3, -0.25) is 5.43 Å². The molecule has 26 heavy (non-hydrogen) atoms. The number of methoxy groups -OCH3 is 1. The Morgan fingerprint density at radius 1 is 1.12 bits per heavy atom. The molecule has 6 heteroatoms. The van der Waals surface area contributed by atoms with E-state index in [4.69, 9.17) is 9.47 Å². The Hall–Kier alpha value is -2.86. The molecule has 0 atom stereocenters. The van der Waals surface area contributed by atoms with Gasteiger partial charge in [0.05, 0.1) is 25.1 Å². The van der Waals surface area contributed by atoms with Crippen LogP contribution in [0.5, 0.6) is 11.5 Å². The molecule has 0 fully saturated rings. The van der Waals surface area contributed by atoms with Gasteiger partial charge < -0.3 is 9.47 Å². The second-order valence-corrected chi connectivity index (χ2v) is 6.73. The summed E-state index contributed by atoms with van der Waals surface area (Å²) in [5, 5.41) is 7.00. The number of anilines is 1. The number of nitrogens with zero attached hydrogens (tertiary/aromatic N) is 2. The van der Waals surface area contributed by atoms with E-state index in [0.717, 1.165) is 33.5 Å². The average molecular weight is 367 g/mol. The lowest BCUT2D eigenvalue weighted by Gasteiger charge is -2.09. The fourth-order valence-corrected chi connectivity index (χ4v) is 2.99. The van der Waals surface area contributed by atoms with Gasteiger partial charge in [0.2, 0.25) is 5.13 Å². The van der Waals surface area contributed by atoms with E-state index in [1.807, 2.05) is 67.8 Å². The summed E-state index contributed by atoms with van der Waals surface area (Å²) in [6.45, 7) is 4.01. The molecule has 0 bridgehead atoms. The summed E-state index contributed by atoms with van der Waals surface area (Å²) < 4.78 is 10.9. The number of nitrogens with one attached hydrogen (secondary N) is 1. The molecule has 5 nitrogen and oxygen atoms in total. The lowest BCUT2D eigenvalue weighted by atomic mass is 10.2. The van der Waals surface area contributed by atoms with Gasteiger partial charge in [0.25, 0.3) is 0 Å². The maximum absolute atomic E-state index is 5.69. The van der Waals surface area contributed by atoms with Crippen LogP contribution >= 0.6 is 11.3 Å². The number of hydrogen-bond donors (Lipinski definition) is 1. The maximum atomic E-state index is 5.69. The quantitative estimate of drug-likeness (QED) is 0.469. The number of thiazole rings is 1. The lowest BCUT2D eigenvalue weighted by molar-refractivity contribution is 0.242. The molecule has 0 amide bonds. The van der Waals surface area contributed by atoms with Crippen LogP contribution in [0, 0.1) is 0 Å². The zero-order chi connectivity index (χ0) is 18.4. The van der Waals surface area contributed by atoms with Crippen molar-refractivity contribution in [2.75, 3.05) is 12.5 Å². The van der Waals surface area contributed by atoms with Crippen molar-refractivity contribution in [1.82, 2.24) is 4.98 Å². The van der Waals surface area contributed by atoms with Crippen molar-refractivity contribution in [3.05, 3.63) is 59.5 Å². The molecule has 1 heterocycles. The summed E-state index contributed by atoms with van der Waals surface area (Å²) in [6, 6.07) is 15.6. The molecule has 0 aliphatic heterocycles. The third-order valence-corrected chi connectivity index (χ3v) is 4.24. The molecule has 134 valence electrons. The minimum Gasteiger partial charge on any atom is -0.497 e. The van der Waals surface area contributed by atoms with Crippen LogP contribution < -0.4 is 14.9 Å². The molecule has 1 N–H and O–H groups in total. The first-order valence-corrected chi connectivity index (χ1v) is 9.18. The highest BCUT2D eigenvalue weighted by atomic mass is 32.1. The predicted molar refractivity (Wildman–Crippen MR) is 108 cm³/mol. The first-order valence-electron chi connectivity index (χ1n) is 8.30. The Morgan fingerprint density at radius 2 is 1.92 bits per heavy atom. The fourth-order valence-electron chi connectivity index (χ4n) is 2.32. The molecule has 0 aliphatic carbocycles. The van der Waals surface area contributed by atoms with Crippen LogP contribution in [-0.4, -0.2) is 24.4 Å². The van der Waals surface area contributed by atoms with Crippen molar-refractivity contribution in [2.24, 2.45) is 5.10 Å². The summed E-state index contributed by atoms with van der Waals surface area (Å²) in [6.07, 6.45) is 1.90. The van der Waals surface area contributed by atoms with E-state index >= 15 is 0 Å².